The van der Waals surface area contributed by atoms with Gasteiger partial charge in [0.15, 0.2) is 0 Å². The number of benzene rings is 3. The average molecular weight is 423 g/mol. The lowest BCUT2D eigenvalue weighted by molar-refractivity contribution is 0.0955. The molecule has 1 N–H and O–H groups in total. The molecule has 27 heavy (non-hydrogen) atoms. The number of aryl methyl sites for hydroxylation is 1. The summed E-state index contributed by atoms with van der Waals surface area (Å²) < 4.78 is 6.74. The van der Waals surface area contributed by atoms with Crippen molar-refractivity contribution in [2.75, 3.05) is 0 Å². The van der Waals surface area contributed by atoms with Gasteiger partial charge in [-0.05, 0) is 54.4 Å². The van der Waals surface area contributed by atoms with Crippen molar-refractivity contribution in [3.63, 3.8) is 0 Å². The second-order valence-electron chi connectivity index (χ2n) is 6.05. The van der Waals surface area contributed by atoms with Crippen LogP contribution in [0.25, 0.3) is 0 Å². The van der Waals surface area contributed by atoms with Gasteiger partial charge in [-0.15, -0.1) is 0 Å². The summed E-state index contributed by atoms with van der Waals surface area (Å²) >= 11 is 3.38. The van der Waals surface area contributed by atoms with E-state index in [0.29, 0.717) is 17.9 Å². The summed E-state index contributed by atoms with van der Waals surface area (Å²) in [5.74, 6) is 0.443. The van der Waals surface area contributed by atoms with Gasteiger partial charge in [0.1, 0.15) is 12.4 Å². The lowest BCUT2D eigenvalue weighted by Gasteiger charge is -2.07. The minimum absolute atomic E-state index is 0.270. The molecule has 5 heteroatoms. The maximum atomic E-state index is 12.1. The second-order valence-corrected chi connectivity index (χ2v) is 6.97. The summed E-state index contributed by atoms with van der Waals surface area (Å²) in [6.07, 6.45) is 1.60. The highest BCUT2D eigenvalue weighted by Crippen LogP contribution is 2.15. The van der Waals surface area contributed by atoms with Crippen molar-refractivity contribution in [1.29, 1.82) is 0 Å². The number of ether oxygens (including phenoxy) is 1. The predicted octanol–water partition coefficient (Wildman–Crippen LogP) is 5.10. The molecule has 0 aliphatic rings. The highest BCUT2D eigenvalue weighted by Gasteiger charge is 2.04. The minimum Gasteiger partial charge on any atom is -0.489 e. The average Bonchev–Trinajstić information content (AvgIpc) is 2.69. The number of hydrazone groups is 1. The zero-order valence-corrected chi connectivity index (χ0v) is 16.4. The number of carbonyl (C=O) groups excluding carboxylic acids is 1. The van der Waals surface area contributed by atoms with Gasteiger partial charge in [-0.3, -0.25) is 4.79 Å². The number of halogens is 1. The monoisotopic (exact) mass is 422 g/mol. The van der Waals surface area contributed by atoms with E-state index in [9.17, 15) is 4.79 Å². The number of rotatable bonds is 6. The van der Waals surface area contributed by atoms with E-state index in [2.05, 4.69) is 45.5 Å². The molecular weight excluding hydrogens is 404 g/mol. The first-order chi connectivity index (χ1) is 13.1. The molecule has 0 unspecified atom stereocenters. The van der Waals surface area contributed by atoms with Crippen molar-refractivity contribution < 1.29 is 9.53 Å². The van der Waals surface area contributed by atoms with Crippen LogP contribution in [0, 0.1) is 6.92 Å². The third kappa shape index (κ3) is 5.79. The molecule has 0 aliphatic carbocycles. The van der Waals surface area contributed by atoms with Crippen LogP contribution in [-0.2, 0) is 6.61 Å². The van der Waals surface area contributed by atoms with E-state index in [1.807, 2.05) is 36.4 Å². The van der Waals surface area contributed by atoms with Crippen LogP contribution in [0.5, 0.6) is 5.75 Å². The normalized spacial score (nSPS) is 10.7. The number of hydrogen-bond acceptors (Lipinski definition) is 3. The molecular formula is C22H19BrN2O2. The Kier molecular flexibility index (Phi) is 6.39. The molecule has 0 saturated heterocycles. The van der Waals surface area contributed by atoms with Crippen LogP contribution in [0.1, 0.15) is 27.0 Å². The molecule has 0 bridgehead atoms. The van der Waals surface area contributed by atoms with Gasteiger partial charge in [-0.1, -0.05) is 57.9 Å². The van der Waals surface area contributed by atoms with Crippen molar-refractivity contribution in [1.82, 2.24) is 5.43 Å². The molecule has 3 rings (SSSR count). The van der Waals surface area contributed by atoms with Crippen LogP contribution in [0.15, 0.2) is 82.4 Å². The molecule has 3 aromatic rings. The summed E-state index contributed by atoms with van der Waals surface area (Å²) in [7, 11) is 0. The topological polar surface area (TPSA) is 50.7 Å². The van der Waals surface area contributed by atoms with Gasteiger partial charge >= 0.3 is 0 Å². The van der Waals surface area contributed by atoms with Crippen LogP contribution < -0.4 is 10.2 Å². The highest BCUT2D eigenvalue weighted by atomic mass is 79.9. The van der Waals surface area contributed by atoms with Crippen molar-refractivity contribution in [2.24, 2.45) is 5.10 Å². The van der Waals surface area contributed by atoms with E-state index < -0.39 is 0 Å². The van der Waals surface area contributed by atoms with Gasteiger partial charge in [0.2, 0.25) is 0 Å². The van der Waals surface area contributed by atoms with Crippen LogP contribution in [0.2, 0.25) is 0 Å². The van der Waals surface area contributed by atoms with Crippen LogP contribution in [0.4, 0.5) is 0 Å². The highest BCUT2D eigenvalue weighted by molar-refractivity contribution is 9.10. The molecule has 0 aliphatic heterocycles. The molecule has 0 heterocycles. The SMILES string of the molecule is Cc1ccc(COc2ccc(C(=O)N/N=C/c3ccc(Br)cc3)cc2)cc1. The predicted molar refractivity (Wildman–Crippen MR) is 111 cm³/mol. The number of nitrogens with one attached hydrogen (secondary N) is 1. The fourth-order valence-electron chi connectivity index (χ4n) is 2.33. The Morgan fingerprint density at radius 2 is 1.67 bits per heavy atom. The maximum Gasteiger partial charge on any atom is 0.271 e. The van der Waals surface area contributed by atoms with Crippen LogP contribution in [-0.4, -0.2) is 12.1 Å². The van der Waals surface area contributed by atoms with Crippen molar-refractivity contribution >= 4 is 28.1 Å². The third-order valence-electron chi connectivity index (χ3n) is 3.89. The molecule has 0 aromatic heterocycles. The molecule has 0 fully saturated rings. The third-order valence-corrected chi connectivity index (χ3v) is 4.42. The molecule has 0 radical (unpaired) electrons. The standard InChI is InChI=1S/C22H19BrN2O2/c1-16-2-4-18(5-3-16)15-27-21-12-8-19(9-13-21)22(26)25-24-14-17-6-10-20(23)11-7-17/h2-14H,15H2,1H3,(H,25,26)/b24-14+. The fraction of sp³-hybridized carbons (Fsp3) is 0.0909. The van der Waals surface area contributed by atoms with Crippen molar-refractivity contribution in [2.45, 2.75) is 13.5 Å². The number of amides is 1. The number of hydrogen-bond donors (Lipinski definition) is 1. The molecule has 0 spiro atoms. The Labute approximate surface area is 167 Å². The Morgan fingerprint density at radius 3 is 2.33 bits per heavy atom. The first-order valence-corrected chi connectivity index (χ1v) is 9.27. The number of nitrogens with zero attached hydrogens (tertiary/aromatic N) is 1. The van der Waals surface area contributed by atoms with E-state index in [-0.39, 0.29) is 5.91 Å². The van der Waals surface area contributed by atoms with Gasteiger partial charge in [-0.2, -0.15) is 5.10 Å². The second kappa shape index (κ2) is 9.14. The first-order valence-electron chi connectivity index (χ1n) is 8.47. The van der Waals surface area contributed by atoms with Gasteiger partial charge < -0.3 is 4.74 Å². The molecule has 136 valence electrons. The molecule has 3 aromatic carbocycles. The van der Waals surface area contributed by atoms with E-state index in [1.54, 1.807) is 30.5 Å². The van der Waals surface area contributed by atoms with E-state index in [0.717, 1.165) is 15.6 Å². The van der Waals surface area contributed by atoms with Gasteiger partial charge in [-0.25, -0.2) is 5.43 Å². The van der Waals surface area contributed by atoms with Gasteiger partial charge in [0.25, 0.3) is 5.91 Å². The van der Waals surface area contributed by atoms with E-state index in [1.165, 1.54) is 5.56 Å². The lowest BCUT2D eigenvalue weighted by Crippen LogP contribution is -2.17. The lowest BCUT2D eigenvalue weighted by atomic mass is 10.2. The summed E-state index contributed by atoms with van der Waals surface area (Å²) in [6.45, 7) is 2.54. The Bertz CT molecular complexity index is 918. The Balaban J connectivity index is 1.52. The fourth-order valence-corrected chi connectivity index (χ4v) is 2.60. The summed E-state index contributed by atoms with van der Waals surface area (Å²) in [5, 5.41) is 3.98. The van der Waals surface area contributed by atoms with E-state index >= 15 is 0 Å². The zero-order chi connectivity index (χ0) is 19.1. The Hall–Kier alpha value is -2.92. The van der Waals surface area contributed by atoms with E-state index in [4.69, 9.17) is 4.74 Å². The summed E-state index contributed by atoms with van der Waals surface area (Å²) in [5.41, 5.74) is 6.26. The Morgan fingerprint density at radius 1 is 1.00 bits per heavy atom. The van der Waals surface area contributed by atoms with Crippen LogP contribution >= 0.6 is 15.9 Å². The summed E-state index contributed by atoms with van der Waals surface area (Å²) in [4.78, 5) is 12.1. The maximum absolute atomic E-state index is 12.1. The molecule has 1 amide bonds. The van der Waals surface area contributed by atoms with Crippen LogP contribution in [0.3, 0.4) is 0 Å². The van der Waals surface area contributed by atoms with Crippen molar-refractivity contribution in [3.8, 4) is 5.75 Å². The zero-order valence-electron chi connectivity index (χ0n) is 14.9. The van der Waals surface area contributed by atoms with Crippen molar-refractivity contribution in [3.05, 3.63) is 99.5 Å². The smallest absolute Gasteiger partial charge is 0.271 e. The quantitative estimate of drug-likeness (QED) is 0.443. The minimum atomic E-state index is -0.270. The first kappa shape index (κ1) is 18.9. The molecule has 0 saturated carbocycles. The number of carbonyl (C=O) groups is 1. The van der Waals surface area contributed by atoms with Gasteiger partial charge in [0, 0.05) is 10.0 Å². The van der Waals surface area contributed by atoms with Gasteiger partial charge in [0.05, 0.1) is 6.21 Å². The molecule has 4 nitrogen and oxygen atoms in total. The molecule has 0 atom stereocenters. The summed E-state index contributed by atoms with van der Waals surface area (Å²) in [6, 6.07) is 22.8. The largest absolute Gasteiger partial charge is 0.489 e.